The Labute approximate surface area is 105 Å². The number of nitrogens with two attached hydrogens (primary N) is 1. The second-order valence-electron chi connectivity index (χ2n) is 3.60. The van der Waals surface area contributed by atoms with Crippen molar-refractivity contribution < 1.29 is 14.4 Å². The molecule has 0 aromatic rings. The van der Waals surface area contributed by atoms with Crippen LogP contribution in [0.2, 0.25) is 0 Å². The van der Waals surface area contributed by atoms with E-state index in [1.807, 2.05) is 0 Å². The fourth-order valence-corrected chi connectivity index (χ4v) is 1.29. The zero-order chi connectivity index (χ0) is 14.0. The molecule has 0 heterocycles. The van der Waals surface area contributed by atoms with Gasteiger partial charge in [-0.05, 0) is 12.8 Å². The lowest BCUT2D eigenvalue weighted by molar-refractivity contribution is -0.128. The van der Waals surface area contributed by atoms with E-state index in [1.54, 1.807) is 0 Å². The van der Waals surface area contributed by atoms with Crippen LogP contribution in [0, 0.1) is 5.41 Å². The van der Waals surface area contributed by atoms with Gasteiger partial charge in [0.05, 0.1) is 6.54 Å². The van der Waals surface area contributed by atoms with Crippen LogP contribution in [0.25, 0.3) is 0 Å². The van der Waals surface area contributed by atoms with Crippen molar-refractivity contribution >= 4 is 24.1 Å². The zero-order valence-electron chi connectivity index (χ0n) is 10.2. The molecule has 0 spiro atoms. The van der Waals surface area contributed by atoms with Crippen molar-refractivity contribution in [2.24, 2.45) is 5.73 Å². The number of rotatable bonds is 8. The van der Waals surface area contributed by atoms with E-state index in [9.17, 15) is 14.4 Å². The van der Waals surface area contributed by atoms with Crippen molar-refractivity contribution in [1.82, 2.24) is 16.0 Å². The first kappa shape index (κ1) is 15.9. The van der Waals surface area contributed by atoms with E-state index >= 15 is 0 Å². The van der Waals surface area contributed by atoms with Gasteiger partial charge >= 0.3 is 0 Å². The summed E-state index contributed by atoms with van der Waals surface area (Å²) in [5.41, 5.74) is 5.10. The molecule has 0 aliphatic carbocycles. The van der Waals surface area contributed by atoms with Crippen LogP contribution in [0.15, 0.2) is 0 Å². The van der Waals surface area contributed by atoms with Crippen LogP contribution in [0.1, 0.15) is 19.8 Å². The number of nitrogens with one attached hydrogen (secondary N) is 4. The number of hydrogen-bond acceptors (Lipinski definition) is 4. The molecule has 8 heteroatoms. The van der Waals surface area contributed by atoms with E-state index < -0.39 is 11.9 Å². The van der Waals surface area contributed by atoms with E-state index in [0.717, 1.165) is 0 Å². The standard InChI is InChI=1S/C10H18N5O3/c1-7(17)15-8(9(18)13-5-6-16)3-2-4-14-10(11)12/h8H,2-5H2,1H3,(H,13,18)(H,15,17)(H4,11,12,14)/t8-/m1/s1. The van der Waals surface area contributed by atoms with Crippen LogP contribution in [-0.2, 0) is 14.4 Å². The Hall–Kier alpha value is -2.12. The van der Waals surface area contributed by atoms with Gasteiger partial charge in [-0.2, -0.15) is 0 Å². The molecule has 0 fully saturated rings. The lowest BCUT2D eigenvalue weighted by Gasteiger charge is -2.16. The highest BCUT2D eigenvalue weighted by molar-refractivity contribution is 5.87. The maximum Gasteiger partial charge on any atom is 0.242 e. The summed E-state index contributed by atoms with van der Waals surface area (Å²) in [6.07, 6.45) is 2.46. The Bertz CT molecular complexity index is 319. The van der Waals surface area contributed by atoms with Gasteiger partial charge in [-0.1, -0.05) is 0 Å². The Morgan fingerprint density at radius 3 is 2.56 bits per heavy atom. The smallest absolute Gasteiger partial charge is 0.242 e. The molecule has 0 unspecified atom stereocenters. The molecule has 1 atom stereocenters. The molecule has 101 valence electrons. The van der Waals surface area contributed by atoms with Gasteiger partial charge < -0.3 is 21.7 Å². The predicted octanol–water partition coefficient (Wildman–Crippen LogP) is -2.02. The molecule has 6 N–H and O–H groups in total. The van der Waals surface area contributed by atoms with Crippen molar-refractivity contribution in [2.75, 3.05) is 13.1 Å². The summed E-state index contributed by atoms with van der Waals surface area (Å²) in [6, 6.07) is -0.704. The van der Waals surface area contributed by atoms with E-state index in [0.29, 0.717) is 19.4 Å². The summed E-state index contributed by atoms with van der Waals surface area (Å²) < 4.78 is 0. The Kier molecular flexibility index (Phi) is 7.91. The van der Waals surface area contributed by atoms with Gasteiger partial charge in [0.2, 0.25) is 18.1 Å². The van der Waals surface area contributed by atoms with Crippen molar-refractivity contribution in [1.29, 1.82) is 5.41 Å². The third-order valence-corrected chi connectivity index (χ3v) is 2.01. The van der Waals surface area contributed by atoms with Crippen molar-refractivity contribution in [3.05, 3.63) is 0 Å². The zero-order valence-corrected chi connectivity index (χ0v) is 10.2. The van der Waals surface area contributed by atoms with E-state index in [1.165, 1.54) is 13.2 Å². The van der Waals surface area contributed by atoms with Gasteiger partial charge in [0.15, 0.2) is 5.96 Å². The van der Waals surface area contributed by atoms with E-state index in [2.05, 4.69) is 16.0 Å². The molecule has 0 aliphatic rings. The topological polar surface area (TPSA) is 137 Å². The molecule has 0 rings (SSSR count). The molecule has 0 aliphatic heterocycles. The molecule has 0 saturated heterocycles. The number of amides is 2. The third kappa shape index (κ3) is 8.08. The van der Waals surface area contributed by atoms with Gasteiger partial charge in [0.1, 0.15) is 6.04 Å². The van der Waals surface area contributed by atoms with Crippen molar-refractivity contribution in [3.63, 3.8) is 0 Å². The summed E-state index contributed by atoms with van der Waals surface area (Å²) in [5.74, 6) is -0.910. The maximum atomic E-state index is 11.6. The van der Waals surface area contributed by atoms with Crippen LogP contribution < -0.4 is 21.7 Å². The van der Waals surface area contributed by atoms with E-state index in [-0.39, 0.29) is 18.4 Å². The van der Waals surface area contributed by atoms with Crippen LogP contribution in [0.5, 0.6) is 0 Å². The molecular weight excluding hydrogens is 238 g/mol. The summed E-state index contributed by atoms with van der Waals surface area (Å²) >= 11 is 0. The van der Waals surface area contributed by atoms with Gasteiger partial charge in [-0.15, -0.1) is 0 Å². The van der Waals surface area contributed by atoms with Gasteiger partial charge in [0.25, 0.3) is 0 Å². The Balaban J connectivity index is 4.13. The minimum absolute atomic E-state index is 0.147. The fraction of sp³-hybridized carbons (Fsp3) is 0.600. The van der Waals surface area contributed by atoms with Crippen LogP contribution >= 0.6 is 0 Å². The SMILES string of the molecule is CC(=O)N[C@H](CCCNC(=N)N)C(=O)NC[C]=O. The molecular formula is C10H18N5O3. The molecule has 2 amide bonds. The summed E-state index contributed by atoms with van der Waals surface area (Å²) in [7, 11) is 0. The lowest BCUT2D eigenvalue weighted by Crippen LogP contribution is -2.46. The highest BCUT2D eigenvalue weighted by atomic mass is 16.2. The minimum Gasteiger partial charge on any atom is -0.370 e. The molecule has 1 radical (unpaired) electrons. The van der Waals surface area contributed by atoms with Crippen molar-refractivity contribution in [3.8, 4) is 0 Å². The maximum absolute atomic E-state index is 11.6. The second kappa shape index (κ2) is 8.97. The Morgan fingerprint density at radius 1 is 1.39 bits per heavy atom. The summed E-state index contributed by atoms with van der Waals surface area (Å²) in [5, 5.41) is 14.3. The first-order valence-corrected chi connectivity index (χ1v) is 5.45. The normalized spacial score (nSPS) is 11.2. The molecule has 0 aromatic carbocycles. The number of guanidine groups is 1. The average molecular weight is 256 g/mol. The van der Waals surface area contributed by atoms with Crippen LogP contribution in [-0.4, -0.2) is 43.2 Å². The van der Waals surface area contributed by atoms with Crippen LogP contribution in [0.4, 0.5) is 0 Å². The second-order valence-corrected chi connectivity index (χ2v) is 3.60. The molecule has 0 saturated carbocycles. The third-order valence-electron chi connectivity index (χ3n) is 2.01. The van der Waals surface area contributed by atoms with Crippen LogP contribution in [0.3, 0.4) is 0 Å². The predicted molar refractivity (Wildman–Crippen MR) is 65.5 cm³/mol. The highest BCUT2D eigenvalue weighted by Crippen LogP contribution is 1.97. The number of carbonyl (C=O) groups excluding carboxylic acids is 3. The summed E-state index contributed by atoms with van der Waals surface area (Å²) in [4.78, 5) is 32.5. The van der Waals surface area contributed by atoms with Gasteiger partial charge in [0, 0.05) is 13.5 Å². The van der Waals surface area contributed by atoms with E-state index in [4.69, 9.17) is 11.1 Å². The summed E-state index contributed by atoms with van der Waals surface area (Å²) in [6.45, 7) is 1.53. The molecule has 0 bridgehead atoms. The van der Waals surface area contributed by atoms with Gasteiger partial charge in [-0.3, -0.25) is 19.8 Å². The quantitative estimate of drug-likeness (QED) is 0.194. The first-order chi connectivity index (χ1) is 8.47. The van der Waals surface area contributed by atoms with Gasteiger partial charge in [-0.25, -0.2) is 0 Å². The highest BCUT2D eigenvalue weighted by Gasteiger charge is 2.18. The lowest BCUT2D eigenvalue weighted by atomic mass is 10.1. The Morgan fingerprint density at radius 2 is 2.06 bits per heavy atom. The first-order valence-electron chi connectivity index (χ1n) is 5.45. The molecule has 8 nitrogen and oxygen atoms in total. The molecule has 18 heavy (non-hydrogen) atoms. The fourth-order valence-electron chi connectivity index (χ4n) is 1.29. The monoisotopic (exact) mass is 256 g/mol. The average Bonchev–Trinajstić information content (AvgIpc) is 2.29. The largest absolute Gasteiger partial charge is 0.370 e. The number of carbonyl (C=O) groups is 2. The van der Waals surface area contributed by atoms with Crippen molar-refractivity contribution in [2.45, 2.75) is 25.8 Å². The minimum atomic E-state index is -0.704. The molecule has 0 aromatic heterocycles. The number of hydrogen-bond donors (Lipinski definition) is 5.